The van der Waals surface area contributed by atoms with E-state index in [1.54, 1.807) is 12.4 Å². The molecule has 12 heteroatoms. The Hall–Kier alpha value is -5.12. The molecule has 2 aliphatic rings. The number of nitrogens with one attached hydrogen (secondary N) is 1. The molecule has 0 bridgehead atoms. The van der Waals surface area contributed by atoms with E-state index in [0.29, 0.717) is 23.5 Å². The lowest BCUT2D eigenvalue weighted by Crippen LogP contribution is -2.38. The molecule has 5 aromatic rings. The van der Waals surface area contributed by atoms with Crippen molar-refractivity contribution in [3.8, 4) is 23.1 Å². The largest absolute Gasteiger partial charge is 0.383 e. The fraction of sp³-hybridized carbons (Fsp3) is 0.194. The van der Waals surface area contributed by atoms with E-state index in [9.17, 15) is 0 Å². The quantitative estimate of drug-likeness (QED) is 0.231. The van der Waals surface area contributed by atoms with Crippen LogP contribution in [0, 0.1) is 11.3 Å². The van der Waals surface area contributed by atoms with Crippen LogP contribution in [0.4, 0.5) is 11.6 Å². The van der Waals surface area contributed by atoms with Gasteiger partial charge in [-0.25, -0.2) is 29.3 Å². The number of piperidine rings is 1. The Labute approximate surface area is 251 Å². The molecule has 4 aromatic heterocycles. The van der Waals surface area contributed by atoms with E-state index in [0.717, 1.165) is 59.9 Å². The molecule has 0 saturated carbocycles. The van der Waals surface area contributed by atoms with Gasteiger partial charge in [0.05, 0.1) is 5.56 Å². The van der Waals surface area contributed by atoms with Gasteiger partial charge in [0.1, 0.15) is 28.2 Å². The summed E-state index contributed by atoms with van der Waals surface area (Å²) in [6, 6.07) is 20.5. The van der Waals surface area contributed by atoms with Gasteiger partial charge in [0, 0.05) is 50.0 Å². The molecule has 1 unspecified atom stereocenters. The van der Waals surface area contributed by atoms with Gasteiger partial charge in [0.2, 0.25) is 5.82 Å². The van der Waals surface area contributed by atoms with E-state index in [4.69, 9.17) is 21.0 Å². The molecule has 214 valence electrons. The Kier molecular flexibility index (Phi) is 7.24. The highest BCUT2D eigenvalue weighted by atomic mass is 32.2. The van der Waals surface area contributed by atoms with Crippen molar-refractivity contribution in [2.45, 2.75) is 30.5 Å². The topological polar surface area (TPSA) is 147 Å². The van der Waals surface area contributed by atoms with E-state index in [-0.39, 0.29) is 5.82 Å². The number of nitriles is 1. The Balaban J connectivity index is 1.11. The number of nitrogens with two attached hydrogens (primary N) is 1. The summed E-state index contributed by atoms with van der Waals surface area (Å²) in [5, 5.41) is 15.5. The molecule has 1 aromatic carbocycles. The normalized spacial score (nSPS) is 17.8. The average molecular weight is 588 g/mol. The number of pyridine rings is 2. The molecule has 0 spiro atoms. The minimum Gasteiger partial charge on any atom is -0.383 e. The molecule has 2 aliphatic heterocycles. The van der Waals surface area contributed by atoms with Crippen LogP contribution in [0.2, 0.25) is 0 Å². The number of hydrogen-bond acceptors (Lipinski definition) is 10. The van der Waals surface area contributed by atoms with Crippen molar-refractivity contribution in [3.05, 3.63) is 89.9 Å². The molecule has 43 heavy (non-hydrogen) atoms. The van der Waals surface area contributed by atoms with Gasteiger partial charge in [0.15, 0.2) is 11.5 Å². The number of aromatic nitrogens is 6. The number of nitrogen functional groups attached to an aromatic ring is 1. The summed E-state index contributed by atoms with van der Waals surface area (Å²) in [4.78, 5) is 24.9. The molecule has 3 N–H and O–H groups in total. The number of rotatable bonds is 7. The van der Waals surface area contributed by atoms with Crippen molar-refractivity contribution in [2.24, 2.45) is 4.40 Å². The van der Waals surface area contributed by atoms with Crippen LogP contribution in [0.3, 0.4) is 0 Å². The number of hydrogen-bond donors (Lipinski definition) is 3. The second-order valence-electron chi connectivity index (χ2n) is 10.4. The molecular formula is C31H29N11S. The third-order valence-electron chi connectivity index (χ3n) is 7.60. The smallest absolute Gasteiger partial charge is 0.234 e. The van der Waals surface area contributed by atoms with Crippen LogP contribution in [-0.2, 0) is 6.54 Å². The van der Waals surface area contributed by atoms with Gasteiger partial charge in [-0.1, -0.05) is 23.2 Å². The number of thiol groups is 1. The van der Waals surface area contributed by atoms with Crippen LogP contribution in [0.1, 0.15) is 24.2 Å². The summed E-state index contributed by atoms with van der Waals surface area (Å²) in [5.74, 6) is 2.01. The number of fused-ring (bicyclic) bond motifs is 1. The van der Waals surface area contributed by atoms with Gasteiger partial charge in [-0.05, 0) is 72.4 Å². The first-order chi connectivity index (χ1) is 21.1. The molecule has 1 atom stereocenters. The fourth-order valence-electron chi connectivity index (χ4n) is 5.46. The van der Waals surface area contributed by atoms with Gasteiger partial charge >= 0.3 is 0 Å². The summed E-state index contributed by atoms with van der Waals surface area (Å²) < 4.78 is 6.64. The number of nitrogens with zero attached hydrogens (tertiary/aromatic N) is 9. The van der Waals surface area contributed by atoms with Gasteiger partial charge in [-0.15, -0.1) is 0 Å². The first kappa shape index (κ1) is 26.8. The standard InChI is InChI=1S/C31H29N11S/c32-19-27-34-15-10-26(39-27)37-22-11-16-41(17-12-22)20-21-4-6-23(7-5-21)42-30(24-3-1-13-35-29(24)33)38-25-8-9-28(40-31(25)42)43-18-2-14-36-43/h1-10,13-15,18,22,43H,11-12,16-17,20H2,(H2,33,35)(H,34,37,39). The third-order valence-corrected chi connectivity index (χ3v) is 9.16. The monoisotopic (exact) mass is 587 g/mol. The van der Waals surface area contributed by atoms with Crippen LogP contribution in [0.15, 0.2) is 87.9 Å². The zero-order valence-corrected chi connectivity index (χ0v) is 24.1. The molecule has 11 nitrogen and oxygen atoms in total. The number of allylic oxidation sites excluding steroid dienone is 1. The van der Waals surface area contributed by atoms with Crippen LogP contribution in [-0.4, -0.2) is 59.7 Å². The number of likely N-dealkylation sites (tertiary alicyclic amines) is 1. The number of anilines is 2. The lowest BCUT2D eigenvalue weighted by Gasteiger charge is -2.32. The minimum absolute atomic E-state index is 0.183. The maximum absolute atomic E-state index is 9.06. The van der Waals surface area contributed by atoms with Crippen molar-refractivity contribution in [2.75, 3.05) is 24.1 Å². The van der Waals surface area contributed by atoms with E-state index in [2.05, 4.69) is 63.8 Å². The number of benzene rings is 1. The predicted molar refractivity (Wildman–Crippen MR) is 170 cm³/mol. The second-order valence-corrected chi connectivity index (χ2v) is 12.1. The molecule has 0 radical (unpaired) electrons. The zero-order valence-electron chi connectivity index (χ0n) is 23.2. The Morgan fingerprint density at radius 2 is 1.84 bits per heavy atom. The van der Waals surface area contributed by atoms with E-state index in [1.165, 1.54) is 5.56 Å². The third kappa shape index (κ3) is 5.55. The zero-order chi connectivity index (χ0) is 29.2. The molecular weight excluding hydrogens is 558 g/mol. The highest BCUT2D eigenvalue weighted by Crippen LogP contribution is 2.41. The fourth-order valence-corrected chi connectivity index (χ4v) is 6.69. The first-order valence-electron chi connectivity index (χ1n) is 14.1. The lowest BCUT2D eigenvalue weighted by atomic mass is 10.0. The Bertz CT molecular complexity index is 1870. The maximum Gasteiger partial charge on any atom is 0.234 e. The van der Waals surface area contributed by atoms with E-state index < -0.39 is 11.1 Å². The van der Waals surface area contributed by atoms with E-state index >= 15 is 0 Å². The van der Waals surface area contributed by atoms with Crippen molar-refractivity contribution in [3.63, 3.8) is 0 Å². The molecule has 7 rings (SSSR count). The van der Waals surface area contributed by atoms with Crippen LogP contribution >= 0.6 is 11.1 Å². The van der Waals surface area contributed by atoms with Crippen molar-refractivity contribution < 1.29 is 0 Å². The van der Waals surface area contributed by atoms with Crippen molar-refractivity contribution in [1.82, 2.24) is 34.4 Å². The van der Waals surface area contributed by atoms with Gasteiger partial charge in [-0.3, -0.25) is 9.47 Å². The molecule has 1 saturated heterocycles. The summed E-state index contributed by atoms with van der Waals surface area (Å²) >= 11 is -0.811. The molecule has 1 fully saturated rings. The highest BCUT2D eigenvalue weighted by Gasteiger charge is 2.21. The molecule has 0 aliphatic carbocycles. The van der Waals surface area contributed by atoms with Crippen molar-refractivity contribution in [1.29, 1.82) is 5.26 Å². The minimum atomic E-state index is -0.811. The summed E-state index contributed by atoms with van der Waals surface area (Å²) in [5.41, 5.74) is 10.8. The van der Waals surface area contributed by atoms with Crippen LogP contribution < -0.4 is 11.1 Å². The predicted octanol–water partition coefficient (Wildman–Crippen LogP) is 4.68. The average Bonchev–Trinajstić information content (AvgIpc) is 3.71. The van der Waals surface area contributed by atoms with Gasteiger partial charge in [0.25, 0.3) is 0 Å². The van der Waals surface area contributed by atoms with E-state index in [1.807, 2.05) is 48.7 Å². The summed E-state index contributed by atoms with van der Waals surface area (Å²) in [6.07, 6.45) is 9.10. The van der Waals surface area contributed by atoms with Crippen LogP contribution in [0.5, 0.6) is 0 Å². The number of imidazole rings is 1. The molecule has 0 amide bonds. The Morgan fingerprint density at radius 1 is 0.977 bits per heavy atom. The SMILES string of the molecule is N#Cc1nccc(NC2CCN(Cc3ccc(-n4c(-c5cccnc5N)nc5ccc([SH]6C=CC=N6)nc54)cc3)CC2)n1. The van der Waals surface area contributed by atoms with Crippen LogP contribution in [0.25, 0.3) is 28.2 Å². The lowest BCUT2D eigenvalue weighted by molar-refractivity contribution is 0.211. The molecule has 6 heterocycles. The second kappa shape index (κ2) is 11.6. The van der Waals surface area contributed by atoms with Crippen molar-refractivity contribution >= 4 is 40.1 Å². The Morgan fingerprint density at radius 3 is 2.60 bits per heavy atom. The highest BCUT2D eigenvalue weighted by molar-refractivity contribution is 8.18. The summed E-state index contributed by atoms with van der Waals surface area (Å²) in [7, 11) is 0. The van der Waals surface area contributed by atoms with Gasteiger partial charge in [-0.2, -0.15) is 5.26 Å². The maximum atomic E-state index is 9.06. The first-order valence-corrected chi connectivity index (χ1v) is 15.4. The van der Waals surface area contributed by atoms with Gasteiger partial charge < -0.3 is 11.1 Å². The summed E-state index contributed by atoms with van der Waals surface area (Å²) in [6.45, 7) is 2.81.